The molecule has 0 aliphatic heterocycles. The lowest BCUT2D eigenvalue weighted by molar-refractivity contribution is -0.146. The zero-order valence-electron chi connectivity index (χ0n) is 19.4. The van der Waals surface area contributed by atoms with E-state index in [9.17, 15) is 9.59 Å². The fraction of sp³-hybridized carbons (Fsp3) is 0.846. The van der Waals surface area contributed by atoms with E-state index in [1.54, 1.807) is 6.08 Å². The third-order valence-electron chi connectivity index (χ3n) is 6.62. The molecule has 29 heavy (non-hydrogen) atoms. The summed E-state index contributed by atoms with van der Waals surface area (Å²) in [5.41, 5.74) is 0. The third-order valence-corrected chi connectivity index (χ3v) is 6.62. The van der Waals surface area contributed by atoms with E-state index in [0.29, 0.717) is 6.54 Å². The number of carbonyl (C=O) groups is 2. The Morgan fingerprint density at radius 1 is 0.828 bits per heavy atom. The Hall–Kier alpha value is -1.12. The van der Waals surface area contributed by atoms with Crippen molar-refractivity contribution in [2.45, 2.75) is 123 Å². The molecule has 3 heteroatoms. The molecule has 0 unspecified atom stereocenters. The highest BCUT2D eigenvalue weighted by Crippen LogP contribution is 2.33. The summed E-state index contributed by atoms with van der Waals surface area (Å²) in [5, 5.41) is 0. The standard InChI is InChI=1S/C26H47NO2/c1-4-6-7-8-9-10-11-12-13-14-15-16-17-24-18-20-25(21-19-24)26(29)27(22-5-2)23(3)28/h5,24-25H,2,4,6-22H2,1,3H3. The van der Waals surface area contributed by atoms with Crippen LogP contribution in [-0.2, 0) is 9.59 Å². The SMILES string of the molecule is C=CCN(C(C)=O)C(=O)C1CCC(CCCCCCCCCCCCCC)CC1. The van der Waals surface area contributed by atoms with Gasteiger partial charge in [-0.15, -0.1) is 6.58 Å². The summed E-state index contributed by atoms with van der Waals surface area (Å²) < 4.78 is 0. The molecule has 0 bridgehead atoms. The monoisotopic (exact) mass is 405 g/mol. The van der Waals surface area contributed by atoms with Crippen LogP contribution >= 0.6 is 0 Å². The van der Waals surface area contributed by atoms with Gasteiger partial charge in [0, 0.05) is 19.4 Å². The minimum atomic E-state index is -0.159. The molecular formula is C26H47NO2. The van der Waals surface area contributed by atoms with E-state index in [4.69, 9.17) is 0 Å². The molecule has 1 rings (SSSR count). The van der Waals surface area contributed by atoms with Crippen molar-refractivity contribution in [2.75, 3.05) is 6.54 Å². The maximum Gasteiger partial charge on any atom is 0.232 e. The molecular weight excluding hydrogens is 358 g/mol. The number of hydrogen-bond acceptors (Lipinski definition) is 2. The first-order chi connectivity index (χ1) is 14.1. The number of hydrogen-bond donors (Lipinski definition) is 0. The molecule has 1 saturated carbocycles. The molecule has 0 aromatic heterocycles. The minimum absolute atomic E-state index is 0.0150. The van der Waals surface area contributed by atoms with Crippen LogP contribution in [0.2, 0.25) is 0 Å². The van der Waals surface area contributed by atoms with Crippen LogP contribution in [0.3, 0.4) is 0 Å². The van der Waals surface area contributed by atoms with Gasteiger partial charge in [0.15, 0.2) is 0 Å². The van der Waals surface area contributed by atoms with Crippen molar-refractivity contribution in [3.8, 4) is 0 Å². The van der Waals surface area contributed by atoms with Gasteiger partial charge in [-0.25, -0.2) is 0 Å². The largest absolute Gasteiger partial charge is 0.279 e. The van der Waals surface area contributed by atoms with E-state index >= 15 is 0 Å². The molecule has 3 nitrogen and oxygen atoms in total. The van der Waals surface area contributed by atoms with Gasteiger partial charge in [0.2, 0.25) is 11.8 Å². The predicted molar refractivity (Wildman–Crippen MR) is 124 cm³/mol. The van der Waals surface area contributed by atoms with E-state index < -0.39 is 0 Å². The van der Waals surface area contributed by atoms with Crippen LogP contribution in [0.4, 0.5) is 0 Å². The molecule has 0 spiro atoms. The van der Waals surface area contributed by atoms with Crippen molar-refractivity contribution in [3.05, 3.63) is 12.7 Å². The molecule has 2 amide bonds. The van der Waals surface area contributed by atoms with Gasteiger partial charge >= 0.3 is 0 Å². The summed E-state index contributed by atoms with van der Waals surface area (Å²) in [4.78, 5) is 25.6. The summed E-state index contributed by atoms with van der Waals surface area (Å²) in [6, 6.07) is 0. The predicted octanol–water partition coefficient (Wildman–Crippen LogP) is 7.45. The molecule has 168 valence electrons. The lowest BCUT2D eigenvalue weighted by Gasteiger charge is -2.30. The second-order valence-electron chi connectivity index (χ2n) is 9.15. The fourth-order valence-electron chi connectivity index (χ4n) is 4.70. The molecule has 0 aromatic carbocycles. The van der Waals surface area contributed by atoms with Gasteiger partial charge in [-0.1, -0.05) is 96.5 Å². The number of amides is 2. The molecule has 0 atom stereocenters. The van der Waals surface area contributed by atoms with Crippen LogP contribution in [0.15, 0.2) is 12.7 Å². The first kappa shape index (κ1) is 25.9. The van der Waals surface area contributed by atoms with Crippen LogP contribution in [0.1, 0.15) is 123 Å². The van der Waals surface area contributed by atoms with Crippen LogP contribution in [0.25, 0.3) is 0 Å². The maximum atomic E-state index is 12.6. The van der Waals surface area contributed by atoms with E-state index in [1.165, 1.54) is 95.3 Å². The van der Waals surface area contributed by atoms with Crippen molar-refractivity contribution < 1.29 is 9.59 Å². The van der Waals surface area contributed by atoms with Crippen LogP contribution in [0, 0.1) is 11.8 Å². The van der Waals surface area contributed by atoms with Crippen molar-refractivity contribution >= 4 is 11.8 Å². The van der Waals surface area contributed by atoms with E-state index in [2.05, 4.69) is 13.5 Å². The summed E-state index contributed by atoms with van der Waals surface area (Å²) >= 11 is 0. The average Bonchev–Trinajstić information content (AvgIpc) is 2.72. The third kappa shape index (κ3) is 11.6. The Morgan fingerprint density at radius 3 is 1.76 bits per heavy atom. The lowest BCUT2D eigenvalue weighted by atomic mass is 9.79. The second-order valence-corrected chi connectivity index (χ2v) is 9.15. The van der Waals surface area contributed by atoms with Gasteiger partial charge in [0.25, 0.3) is 0 Å². The second kappa shape index (κ2) is 16.7. The zero-order chi connectivity index (χ0) is 21.3. The average molecular weight is 406 g/mol. The van der Waals surface area contributed by atoms with Crippen molar-refractivity contribution in [3.63, 3.8) is 0 Å². The normalized spacial score (nSPS) is 19.1. The van der Waals surface area contributed by atoms with Gasteiger partial charge in [-0.05, 0) is 31.6 Å². The van der Waals surface area contributed by atoms with Gasteiger partial charge in [-0.3, -0.25) is 14.5 Å². The highest BCUT2D eigenvalue weighted by Gasteiger charge is 2.30. The summed E-state index contributed by atoms with van der Waals surface area (Å²) in [6.45, 7) is 7.75. The summed E-state index contributed by atoms with van der Waals surface area (Å²) in [5.74, 6) is 0.680. The molecule has 1 aliphatic rings. The summed E-state index contributed by atoms with van der Waals surface area (Å²) in [6.07, 6.45) is 24.0. The van der Waals surface area contributed by atoms with Gasteiger partial charge in [-0.2, -0.15) is 0 Å². The lowest BCUT2D eigenvalue weighted by Crippen LogP contribution is -2.40. The van der Waals surface area contributed by atoms with Crippen LogP contribution in [-0.4, -0.2) is 23.3 Å². The van der Waals surface area contributed by atoms with Crippen molar-refractivity contribution in [1.29, 1.82) is 0 Å². The molecule has 0 aromatic rings. The number of rotatable bonds is 16. The van der Waals surface area contributed by atoms with Crippen molar-refractivity contribution in [1.82, 2.24) is 4.90 Å². The molecule has 1 aliphatic carbocycles. The summed E-state index contributed by atoms with van der Waals surface area (Å²) in [7, 11) is 0. The molecule has 0 N–H and O–H groups in total. The van der Waals surface area contributed by atoms with E-state index in [-0.39, 0.29) is 17.7 Å². The number of unbranched alkanes of at least 4 members (excludes halogenated alkanes) is 11. The minimum Gasteiger partial charge on any atom is -0.279 e. The molecule has 0 saturated heterocycles. The number of imide groups is 1. The van der Waals surface area contributed by atoms with E-state index in [1.807, 2.05) is 0 Å². The first-order valence-corrected chi connectivity index (χ1v) is 12.5. The Kier molecular flexibility index (Phi) is 14.9. The van der Waals surface area contributed by atoms with E-state index in [0.717, 1.165) is 31.6 Å². The maximum absolute atomic E-state index is 12.6. The van der Waals surface area contributed by atoms with Gasteiger partial charge in [0.1, 0.15) is 0 Å². The highest BCUT2D eigenvalue weighted by molar-refractivity contribution is 5.95. The Bertz CT molecular complexity index is 452. The van der Waals surface area contributed by atoms with Gasteiger partial charge in [0.05, 0.1) is 0 Å². The smallest absolute Gasteiger partial charge is 0.232 e. The molecule has 0 radical (unpaired) electrons. The molecule has 1 fully saturated rings. The number of nitrogens with zero attached hydrogens (tertiary/aromatic N) is 1. The zero-order valence-corrected chi connectivity index (χ0v) is 19.4. The Labute approximate surface area is 180 Å². The molecule has 0 heterocycles. The fourth-order valence-corrected chi connectivity index (χ4v) is 4.70. The first-order valence-electron chi connectivity index (χ1n) is 12.5. The Morgan fingerprint density at radius 2 is 1.31 bits per heavy atom. The van der Waals surface area contributed by atoms with Crippen molar-refractivity contribution in [2.24, 2.45) is 11.8 Å². The van der Waals surface area contributed by atoms with Crippen LogP contribution in [0.5, 0.6) is 0 Å². The topological polar surface area (TPSA) is 37.4 Å². The quantitative estimate of drug-likeness (QED) is 0.197. The number of carbonyl (C=O) groups excluding carboxylic acids is 2. The highest BCUT2D eigenvalue weighted by atomic mass is 16.2. The van der Waals surface area contributed by atoms with Gasteiger partial charge < -0.3 is 0 Å². The Balaban J connectivity index is 2.01. The van der Waals surface area contributed by atoms with Crippen LogP contribution < -0.4 is 0 Å².